The van der Waals surface area contributed by atoms with Gasteiger partial charge in [-0.25, -0.2) is 14.4 Å². The van der Waals surface area contributed by atoms with E-state index in [1.165, 1.54) is 0 Å². The van der Waals surface area contributed by atoms with Gasteiger partial charge < -0.3 is 20.5 Å². The molecule has 1 aliphatic rings. The second-order valence-corrected chi connectivity index (χ2v) is 5.91. The molecule has 0 radical (unpaired) electrons. The third kappa shape index (κ3) is 3.19. The van der Waals surface area contributed by atoms with E-state index in [4.69, 9.17) is 5.73 Å². The predicted molar refractivity (Wildman–Crippen MR) is 95.8 cm³/mol. The van der Waals surface area contributed by atoms with Crippen LogP contribution in [0.5, 0.6) is 0 Å². The molecule has 0 saturated heterocycles. The summed E-state index contributed by atoms with van der Waals surface area (Å²) in [6.07, 6.45) is 3.90. The third-order valence-corrected chi connectivity index (χ3v) is 4.24. The number of halogens is 1. The first-order chi connectivity index (χ1) is 12.0. The highest BCUT2D eigenvalue weighted by atomic mass is 19.1. The standard InChI is InChI=1S/C17H21FN6O/c1-23-10-6-12-15(17(23)25)11-3-4-14(22-16(11)24(12)2)21-13(19)5-8-20-9-7-18/h3-5,8,20H,6-7,9-10H2,1-2H3,(H2,19,21,22)/b8-5-. The van der Waals surface area contributed by atoms with Crippen molar-refractivity contribution in [2.75, 3.05) is 26.8 Å². The lowest BCUT2D eigenvalue weighted by atomic mass is 10.1. The Bertz CT molecular complexity index is 870. The molecule has 25 heavy (non-hydrogen) atoms. The first kappa shape index (κ1) is 16.9. The van der Waals surface area contributed by atoms with E-state index in [0.29, 0.717) is 18.0 Å². The number of fused-ring (bicyclic) bond motifs is 3. The van der Waals surface area contributed by atoms with Crippen LogP contribution in [-0.2, 0) is 13.5 Å². The number of nitrogens with zero attached hydrogens (tertiary/aromatic N) is 4. The van der Waals surface area contributed by atoms with Gasteiger partial charge in [0.2, 0.25) is 0 Å². The van der Waals surface area contributed by atoms with Crippen molar-refractivity contribution < 1.29 is 9.18 Å². The van der Waals surface area contributed by atoms with Crippen LogP contribution in [-0.4, -0.2) is 53.0 Å². The van der Waals surface area contributed by atoms with E-state index in [1.807, 2.05) is 17.7 Å². The Hall–Kier alpha value is -2.90. The molecule has 0 bridgehead atoms. The number of aromatic nitrogens is 2. The normalized spacial score (nSPS) is 15.2. The van der Waals surface area contributed by atoms with Gasteiger partial charge in [-0.3, -0.25) is 4.79 Å². The molecule has 8 heteroatoms. The summed E-state index contributed by atoms with van der Waals surface area (Å²) >= 11 is 0. The fraction of sp³-hybridized carbons (Fsp3) is 0.353. The molecule has 1 aliphatic heterocycles. The van der Waals surface area contributed by atoms with Crippen LogP contribution in [0, 0.1) is 0 Å². The third-order valence-electron chi connectivity index (χ3n) is 4.24. The van der Waals surface area contributed by atoms with Crippen LogP contribution in [0.15, 0.2) is 29.4 Å². The molecule has 0 saturated carbocycles. The molecule has 0 aromatic carbocycles. The molecule has 0 unspecified atom stereocenters. The Morgan fingerprint density at radius 2 is 2.28 bits per heavy atom. The van der Waals surface area contributed by atoms with Gasteiger partial charge in [0.15, 0.2) is 5.82 Å². The van der Waals surface area contributed by atoms with Gasteiger partial charge in [-0.1, -0.05) is 0 Å². The summed E-state index contributed by atoms with van der Waals surface area (Å²) in [5, 5.41) is 3.58. The van der Waals surface area contributed by atoms with Crippen molar-refractivity contribution in [3.05, 3.63) is 35.7 Å². The highest BCUT2D eigenvalue weighted by Gasteiger charge is 2.28. The zero-order valence-electron chi connectivity index (χ0n) is 14.3. The van der Waals surface area contributed by atoms with Crippen LogP contribution in [0.4, 0.5) is 10.2 Å². The zero-order valence-corrected chi connectivity index (χ0v) is 14.3. The number of amidine groups is 1. The molecule has 0 spiro atoms. The molecule has 3 heterocycles. The molecular weight excluding hydrogens is 323 g/mol. The van der Waals surface area contributed by atoms with Crippen LogP contribution in [0.25, 0.3) is 11.0 Å². The first-order valence-corrected chi connectivity index (χ1v) is 8.06. The number of alkyl halides is 1. The molecular formula is C17H21FN6O. The number of amides is 1. The van der Waals surface area contributed by atoms with Gasteiger partial charge in [0, 0.05) is 50.9 Å². The first-order valence-electron chi connectivity index (χ1n) is 8.06. The molecule has 2 aromatic rings. The number of aryl methyl sites for hydroxylation is 1. The van der Waals surface area contributed by atoms with Crippen molar-refractivity contribution in [1.29, 1.82) is 0 Å². The summed E-state index contributed by atoms with van der Waals surface area (Å²) in [7, 11) is 3.71. The summed E-state index contributed by atoms with van der Waals surface area (Å²) < 4.78 is 14.0. The Morgan fingerprint density at radius 3 is 3.04 bits per heavy atom. The van der Waals surface area contributed by atoms with Gasteiger partial charge in [-0.15, -0.1) is 0 Å². The summed E-state index contributed by atoms with van der Waals surface area (Å²) in [4.78, 5) is 23.0. The van der Waals surface area contributed by atoms with Gasteiger partial charge in [-0.05, 0) is 18.2 Å². The lowest BCUT2D eigenvalue weighted by Crippen LogP contribution is -2.34. The quantitative estimate of drug-likeness (QED) is 0.486. The topological polar surface area (TPSA) is 88.5 Å². The molecule has 0 atom stereocenters. The Kier molecular flexibility index (Phi) is 4.69. The van der Waals surface area contributed by atoms with Gasteiger partial charge in [0.1, 0.15) is 18.2 Å². The molecule has 0 fully saturated rings. The monoisotopic (exact) mass is 344 g/mol. The maximum absolute atomic E-state index is 12.5. The van der Waals surface area contributed by atoms with Crippen molar-refractivity contribution in [2.45, 2.75) is 6.42 Å². The minimum atomic E-state index is -0.453. The van der Waals surface area contributed by atoms with E-state index in [9.17, 15) is 9.18 Å². The number of hydrogen-bond donors (Lipinski definition) is 2. The van der Waals surface area contributed by atoms with E-state index in [0.717, 1.165) is 23.1 Å². The summed E-state index contributed by atoms with van der Waals surface area (Å²) in [6, 6.07) is 3.59. The minimum absolute atomic E-state index is 0.0197. The van der Waals surface area contributed by atoms with Gasteiger partial charge in [0.05, 0.1) is 5.56 Å². The van der Waals surface area contributed by atoms with E-state index < -0.39 is 6.67 Å². The zero-order chi connectivity index (χ0) is 18.0. The number of rotatable bonds is 5. The van der Waals surface area contributed by atoms with Crippen LogP contribution in [0.1, 0.15) is 16.1 Å². The Morgan fingerprint density at radius 1 is 1.48 bits per heavy atom. The summed E-state index contributed by atoms with van der Waals surface area (Å²) in [5.41, 5.74) is 8.26. The second kappa shape index (κ2) is 6.92. The predicted octanol–water partition coefficient (Wildman–Crippen LogP) is 1.26. The SMILES string of the molecule is CN1CCc2c(c3ccc(N=C(N)/C=C\NCCF)nc3n2C)C1=O. The van der Waals surface area contributed by atoms with E-state index in [-0.39, 0.29) is 18.3 Å². The number of pyridine rings is 1. The summed E-state index contributed by atoms with van der Waals surface area (Å²) in [5.74, 6) is 0.734. The van der Waals surface area contributed by atoms with Crippen molar-refractivity contribution in [3.63, 3.8) is 0 Å². The average molecular weight is 344 g/mol. The van der Waals surface area contributed by atoms with Crippen LogP contribution < -0.4 is 11.1 Å². The van der Waals surface area contributed by atoms with Gasteiger partial charge in [-0.2, -0.15) is 0 Å². The highest BCUT2D eigenvalue weighted by Crippen LogP contribution is 2.30. The molecule has 3 rings (SSSR count). The molecule has 0 aliphatic carbocycles. The van der Waals surface area contributed by atoms with Crippen LogP contribution >= 0.6 is 0 Å². The molecule has 7 nitrogen and oxygen atoms in total. The molecule has 132 valence electrons. The lowest BCUT2D eigenvalue weighted by Gasteiger charge is -2.23. The number of nitrogens with two attached hydrogens (primary N) is 1. The van der Waals surface area contributed by atoms with E-state index >= 15 is 0 Å². The average Bonchev–Trinajstić information content (AvgIpc) is 2.88. The van der Waals surface area contributed by atoms with Crippen molar-refractivity contribution in [3.8, 4) is 0 Å². The van der Waals surface area contributed by atoms with Crippen molar-refractivity contribution >= 4 is 28.6 Å². The minimum Gasteiger partial charge on any atom is -0.388 e. The molecule has 1 amide bonds. The van der Waals surface area contributed by atoms with Gasteiger partial charge >= 0.3 is 0 Å². The number of aliphatic imine (C=N–C) groups is 1. The lowest BCUT2D eigenvalue weighted by molar-refractivity contribution is 0.0781. The van der Waals surface area contributed by atoms with Gasteiger partial charge in [0.25, 0.3) is 5.91 Å². The number of likely N-dealkylation sites (N-methyl/N-ethyl adjacent to an activating group) is 1. The Balaban J connectivity index is 1.95. The smallest absolute Gasteiger partial charge is 0.256 e. The maximum atomic E-state index is 12.5. The Labute approximate surface area is 145 Å². The number of carbonyl (C=O) groups excluding carboxylic acids is 1. The van der Waals surface area contributed by atoms with Crippen molar-refractivity contribution in [2.24, 2.45) is 17.8 Å². The van der Waals surface area contributed by atoms with E-state index in [2.05, 4.69) is 15.3 Å². The van der Waals surface area contributed by atoms with E-state index in [1.54, 1.807) is 30.3 Å². The van der Waals surface area contributed by atoms with Crippen LogP contribution in [0.2, 0.25) is 0 Å². The highest BCUT2D eigenvalue weighted by molar-refractivity contribution is 6.08. The number of carbonyl (C=O) groups is 1. The molecule has 3 N–H and O–H groups in total. The molecule has 2 aromatic heterocycles. The number of nitrogens with one attached hydrogen (secondary N) is 1. The van der Waals surface area contributed by atoms with Crippen LogP contribution in [0.3, 0.4) is 0 Å². The maximum Gasteiger partial charge on any atom is 0.256 e. The second-order valence-electron chi connectivity index (χ2n) is 5.91. The summed E-state index contributed by atoms with van der Waals surface area (Å²) in [6.45, 7) is 0.474. The van der Waals surface area contributed by atoms with Crippen molar-refractivity contribution in [1.82, 2.24) is 19.8 Å². The largest absolute Gasteiger partial charge is 0.388 e. The fourth-order valence-electron chi connectivity index (χ4n) is 2.95. The fourth-order valence-corrected chi connectivity index (χ4v) is 2.95. The number of hydrogen-bond acceptors (Lipinski definition) is 4.